The molecule has 0 aliphatic carbocycles. The van der Waals surface area contributed by atoms with Crippen LogP contribution in [0.4, 0.5) is 4.39 Å². The molecule has 0 radical (unpaired) electrons. The molecule has 0 amide bonds. The predicted octanol–water partition coefficient (Wildman–Crippen LogP) is 1.76. The van der Waals surface area contributed by atoms with Gasteiger partial charge in [0.15, 0.2) is 0 Å². The SMILES string of the molecule is NC(CS)c1cccc(F)c1. The normalized spacial score (nSPS) is 13.0. The van der Waals surface area contributed by atoms with Crippen molar-refractivity contribution in [3.63, 3.8) is 0 Å². The lowest BCUT2D eigenvalue weighted by molar-refractivity contribution is 0.623. The third kappa shape index (κ3) is 2.20. The first-order chi connectivity index (χ1) is 5.24. The van der Waals surface area contributed by atoms with Crippen molar-refractivity contribution in [1.29, 1.82) is 0 Å². The van der Waals surface area contributed by atoms with Crippen LogP contribution in [-0.4, -0.2) is 5.75 Å². The summed E-state index contributed by atoms with van der Waals surface area (Å²) in [5, 5.41) is 0. The molecule has 3 heteroatoms. The molecule has 1 nitrogen and oxygen atoms in total. The number of halogens is 1. The maximum atomic E-state index is 12.6. The van der Waals surface area contributed by atoms with E-state index in [2.05, 4.69) is 12.6 Å². The number of nitrogens with two attached hydrogens (primary N) is 1. The van der Waals surface area contributed by atoms with Gasteiger partial charge in [0, 0.05) is 11.8 Å². The van der Waals surface area contributed by atoms with Crippen molar-refractivity contribution in [2.45, 2.75) is 6.04 Å². The predicted molar refractivity (Wildman–Crippen MR) is 47.2 cm³/mol. The Hall–Kier alpha value is -0.540. The molecule has 1 rings (SSSR count). The molecular formula is C8H10FNS. The molecule has 1 aromatic carbocycles. The molecule has 1 aromatic rings. The lowest BCUT2D eigenvalue weighted by Crippen LogP contribution is -2.11. The first kappa shape index (κ1) is 8.56. The molecule has 1 unspecified atom stereocenters. The molecule has 11 heavy (non-hydrogen) atoms. The van der Waals surface area contributed by atoms with Gasteiger partial charge in [0.2, 0.25) is 0 Å². The number of benzene rings is 1. The third-order valence-electron chi connectivity index (χ3n) is 1.47. The standard InChI is InChI=1S/C8H10FNS/c9-7-3-1-2-6(4-7)8(10)5-11/h1-4,8,11H,5,10H2. The molecule has 0 aromatic heterocycles. The fourth-order valence-corrected chi connectivity index (χ4v) is 1.05. The van der Waals surface area contributed by atoms with E-state index >= 15 is 0 Å². The Labute approximate surface area is 70.8 Å². The summed E-state index contributed by atoms with van der Waals surface area (Å²) < 4.78 is 12.6. The molecule has 0 fully saturated rings. The lowest BCUT2D eigenvalue weighted by atomic mass is 10.1. The molecule has 0 saturated carbocycles. The van der Waals surface area contributed by atoms with Crippen molar-refractivity contribution >= 4 is 12.6 Å². The van der Waals surface area contributed by atoms with E-state index in [0.717, 1.165) is 5.56 Å². The zero-order valence-electron chi connectivity index (χ0n) is 6.00. The minimum absolute atomic E-state index is 0.172. The average Bonchev–Trinajstić information content (AvgIpc) is 2.03. The van der Waals surface area contributed by atoms with Crippen molar-refractivity contribution < 1.29 is 4.39 Å². The van der Waals surface area contributed by atoms with Crippen molar-refractivity contribution in [2.24, 2.45) is 5.73 Å². The summed E-state index contributed by atoms with van der Waals surface area (Å²) in [7, 11) is 0. The molecule has 0 aliphatic heterocycles. The molecule has 0 aliphatic rings. The quantitative estimate of drug-likeness (QED) is 0.651. The maximum absolute atomic E-state index is 12.6. The molecule has 0 heterocycles. The van der Waals surface area contributed by atoms with E-state index in [1.807, 2.05) is 0 Å². The average molecular weight is 171 g/mol. The Morgan fingerprint density at radius 2 is 2.27 bits per heavy atom. The van der Waals surface area contributed by atoms with Crippen molar-refractivity contribution in [3.8, 4) is 0 Å². The topological polar surface area (TPSA) is 26.0 Å². The van der Waals surface area contributed by atoms with Gasteiger partial charge in [-0.3, -0.25) is 0 Å². The van der Waals surface area contributed by atoms with Crippen molar-refractivity contribution in [3.05, 3.63) is 35.6 Å². The van der Waals surface area contributed by atoms with Gasteiger partial charge in [-0.2, -0.15) is 12.6 Å². The van der Waals surface area contributed by atoms with E-state index in [1.165, 1.54) is 12.1 Å². The monoisotopic (exact) mass is 171 g/mol. The fraction of sp³-hybridized carbons (Fsp3) is 0.250. The van der Waals surface area contributed by atoms with Gasteiger partial charge in [0.05, 0.1) is 0 Å². The van der Waals surface area contributed by atoms with E-state index in [0.29, 0.717) is 5.75 Å². The Morgan fingerprint density at radius 3 is 2.82 bits per heavy atom. The van der Waals surface area contributed by atoms with Gasteiger partial charge in [-0.15, -0.1) is 0 Å². The second kappa shape index (κ2) is 3.74. The van der Waals surface area contributed by atoms with Crippen LogP contribution in [0.1, 0.15) is 11.6 Å². The van der Waals surface area contributed by atoms with E-state index < -0.39 is 0 Å². The van der Waals surface area contributed by atoms with Crippen LogP contribution in [0, 0.1) is 5.82 Å². The third-order valence-corrected chi connectivity index (χ3v) is 1.87. The summed E-state index contributed by atoms with van der Waals surface area (Å²) in [6.45, 7) is 0. The van der Waals surface area contributed by atoms with E-state index in [1.54, 1.807) is 12.1 Å². The minimum Gasteiger partial charge on any atom is -0.323 e. The van der Waals surface area contributed by atoms with Gasteiger partial charge < -0.3 is 5.73 Å². The minimum atomic E-state index is -0.250. The van der Waals surface area contributed by atoms with Crippen LogP contribution in [0.3, 0.4) is 0 Å². The Balaban J connectivity index is 2.86. The first-order valence-corrected chi connectivity index (χ1v) is 3.99. The molecule has 60 valence electrons. The largest absolute Gasteiger partial charge is 0.323 e. The van der Waals surface area contributed by atoms with Crippen molar-refractivity contribution in [2.75, 3.05) is 5.75 Å². The van der Waals surface area contributed by atoms with Gasteiger partial charge in [-0.25, -0.2) is 4.39 Å². The Morgan fingerprint density at radius 1 is 1.55 bits per heavy atom. The molecule has 0 saturated heterocycles. The van der Waals surface area contributed by atoms with E-state index in [9.17, 15) is 4.39 Å². The Bertz CT molecular complexity index is 239. The van der Waals surface area contributed by atoms with Crippen LogP contribution in [0.2, 0.25) is 0 Å². The number of thiol groups is 1. The second-order valence-electron chi connectivity index (χ2n) is 2.34. The first-order valence-electron chi connectivity index (χ1n) is 3.36. The number of rotatable bonds is 2. The van der Waals surface area contributed by atoms with Gasteiger partial charge >= 0.3 is 0 Å². The molecular weight excluding hydrogens is 161 g/mol. The maximum Gasteiger partial charge on any atom is 0.123 e. The zero-order chi connectivity index (χ0) is 8.27. The van der Waals surface area contributed by atoms with Crippen LogP contribution in [0.15, 0.2) is 24.3 Å². The smallest absolute Gasteiger partial charge is 0.123 e. The van der Waals surface area contributed by atoms with Crippen LogP contribution >= 0.6 is 12.6 Å². The van der Waals surface area contributed by atoms with E-state index in [-0.39, 0.29) is 11.9 Å². The summed E-state index contributed by atoms with van der Waals surface area (Å²) in [6.07, 6.45) is 0. The lowest BCUT2D eigenvalue weighted by Gasteiger charge is -2.07. The van der Waals surface area contributed by atoms with Gasteiger partial charge in [0.1, 0.15) is 5.82 Å². The molecule has 0 spiro atoms. The van der Waals surface area contributed by atoms with Crippen LogP contribution < -0.4 is 5.73 Å². The zero-order valence-corrected chi connectivity index (χ0v) is 6.89. The van der Waals surface area contributed by atoms with Crippen LogP contribution in [-0.2, 0) is 0 Å². The highest BCUT2D eigenvalue weighted by molar-refractivity contribution is 7.80. The molecule has 2 N–H and O–H groups in total. The Kier molecular flexibility index (Phi) is 2.91. The summed E-state index contributed by atoms with van der Waals surface area (Å²) in [6, 6.07) is 6.10. The van der Waals surface area contributed by atoms with Crippen molar-refractivity contribution in [1.82, 2.24) is 0 Å². The highest BCUT2D eigenvalue weighted by Gasteiger charge is 2.02. The summed E-state index contributed by atoms with van der Waals surface area (Å²) in [4.78, 5) is 0. The van der Waals surface area contributed by atoms with Gasteiger partial charge in [0.25, 0.3) is 0 Å². The second-order valence-corrected chi connectivity index (χ2v) is 2.71. The summed E-state index contributed by atoms with van der Waals surface area (Å²) in [5.41, 5.74) is 6.41. The summed E-state index contributed by atoms with van der Waals surface area (Å²) >= 11 is 4.01. The van der Waals surface area contributed by atoms with Crippen LogP contribution in [0.5, 0.6) is 0 Å². The van der Waals surface area contributed by atoms with Crippen LogP contribution in [0.25, 0.3) is 0 Å². The highest BCUT2D eigenvalue weighted by Crippen LogP contribution is 2.12. The molecule has 1 atom stereocenters. The fourth-order valence-electron chi connectivity index (χ4n) is 0.843. The van der Waals surface area contributed by atoms with Gasteiger partial charge in [-0.05, 0) is 17.7 Å². The van der Waals surface area contributed by atoms with Gasteiger partial charge in [-0.1, -0.05) is 12.1 Å². The molecule has 0 bridgehead atoms. The number of hydrogen-bond acceptors (Lipinski definition) is 2. The summed E-state index contributed by atoms with van der Waals surface area (Å²) in [5.74, 6) is 0.281. The number of hydrogen-bond donors (Lipinski definition) is 2. The highest BCUT2D eigenvalue weighted by atomic mass is 32.1. The van der Waals surface area contributed by atoms with E-state index in [4.69, 9.17) is 5.73 Å².